The zero-order valence-electron chi connectivity index (χ0n) is 11.1. The normalized spacial score (nSPS) is 19.8. The maximum atomic E-state index is 11.6. The Kier molecular flexibility index (Phi) is 4.78. The van der Waals surface area contributed by atoms with Crippen molar-refractivity contribution < 1.29 is 9.53 Å². The fraction of sp³-hybridized carbons (Fsp3) is 0.923. The smallest absolute Gasteiger partial charge is 0.312 e. The summed E-state index contributed by atoms with van der Waals surface area (Å²) in [6, 6.07) is 0. The van der Waals surface area contributed by atoms with Gasteiger partial charge in [0.25, 0.3) is 0 Å². The van der Waals surface area contributed by atoms with Crippen LogP contribution < -0.4 is 0 Å². The molecule has 94 valence electrons. The SMILES string of the molecule is CCC1CCN(COC(=O)C(C)(C)C)CC1. The quantitative estimate of drug-likeness (QED) is 0.694. The molecule has 0 aromatic rings. The molecule has 1 heterocycles. The van der Waals surface area contributed by atoms with Gasteiger partial charge in [0.05, 0.1) is 5.41 Å². The van der Waals surface area contributed by atoms with E-state index in [9.17, 15) is 4.79 Å². The molecule has 16 heavy (non-hydrogen) atoms. The van der Waals surface area contributed by atoms with Crippen LogP contribution in [0.2, 0.25) is 0 Å². The average Bonchev–Trinajstić information content (AvgIpc) is 2.25. The highest BCUT2D eigenvalue weighted by Gasteiger charge is 2.24. The predicted molar refractivity (Wildman–Crippen MR) is 65.0 cm³/mol. The topological polar surface area (TPSA) is 29.5 Å². The molecule has 0 bridgehead atoms. The number of carbonyl (C=O) groups is 1. The summed E-state index contributed by atoms with van der Waals surface area (Å²) >= 11 is 0. The Morgan fingerprint density at radius 2 is 1.88 bits per heavy atom. The number of rotatable bonds is 3. The van der Waals surface area contributed by atoms with Gasteiger partial charge in [0, 0.05) is 13.1 Å². The number of esters is 1. The Morgan fingerprint density at radius 3 is 2.31 bits per heavy atom. The molecular weight excluding hydrogens is 202 g/mol. The molecule has 1 saturated heterocycles. The van der Waals surface area contributed by atoms with E-state index in [-0.39, 0.29) is 11.4 Å². The van der Waals surface area contributed by atoms with Crippen molar-refractivity contribution in [3.8, 4) is 0 Å². The van der Waals surface area contributed by atoms with Crippen molar-refractivity contribution in [3.05, 3.63) is 0 Å². The first-order valence-corrected chi connectivity index (χ1v) is 6.33. The number of ether oxygens (including phenoxy) is 1. The van der Waals surface area contributed by atoms with Gasteiger partial charge in [-0.05, 0) is 39.5 Å². The van der Waals surface area contributed by atoms with Gasteiger partial charge in [-0.15, -0.1) is 0 Å². The second kappa shape index (κ2) is 5.67. The number of hydrogen-bond donors (Lipinski definition) is 0. The first-order chi connectivity index (χ1) is 7.43. The van der Waals surface area contributed by atoms with Gasteiger partial charge in [0.1, 0.15) is 6.73 Å². The van der Waals surface area contributed by atoms with Crippen molar-refractivity contribution in [1.29, 1.82) is 0 Å². The minimum absolute atomic E-state index is 0.106. The largest absolute Gasteiger partial charge is 0.449 e. The van der Waals surface area contributed by atoms with Crippen LogP contribution in [-0.2, 0) is 9.53 Å². The molecule has 1 rings (SSSR count). The first kappa shape index (κ1) is 13.5. The summed E-state index contributed by atoms with van der Waals surface area (Å²) in [7, 11) is 0. The monoisotopic (exact) mass is 227 g/mol. The Hall–Kier alpha value is -0.570. The zero-order valence-corrected chi connectivity index (χ0v) is 11.1. The van der Waals surface area contributed by atoms with Crippen molar-refractivity contribution in [2.24, 2.45) is 11.3 Å². The van der Waals surface area contributed by atoms with Crippen LogP contribution in [0.5, 0.6) is 0 Å². The van der Waals surface area contributed by atoms with Crippen molar-refractivity contribution >= 4 is 5.97 Å². The lowest BCUT2D eigenvalue weighted by atomic mass is 9.95. The minimum Gasteiger partial charge on any atom is -0.449 e. The van der Waals surface area contributed by atoms with Crippen LogP contribution in [0.1, 0.15) is 47.0 Å². The predicted octanol–water partition coefficient (Wildman–Crippen LogP) is 2.66. The highest BCUT2D eigenvalue weighted by atomic mass is 16.5. The van der Waals surface area contributed by atoms with Crippen molar-refractivity contribution in [1.82, 2.24) is 4.90 Å². The van der Waals surface area contributed by atoms with Crippen LogP contribution in [0.15, 0.2) is 0 Å². The average molecular weight is 227 g/mol. The molecule has 0 saturated carbocycles. The second-order valence-electron chi connectivity index (χ2n) is 5.78. The summed E-state index contributed by atoms with van der Waals surface area (Å²) < 4.78 is 5.30. The summed E-state index contributed by atoms with van der Waals surface area (Å²) in [5, 5.41) is 0. The molecule has 1 aliphatic heterocycles. The molecular formula is C13H25NO2. The van der Waals surface area contributed by atoms with Crippen LogP contribution in [0.3, 0.4) is 0 Å². The molecule has 3 nitrogen and oxygen atoms in total. The zero-order chi connectivity index (χ0) is 12.2. The van der Waals surface area contributed by atoms with Gasteiger partial charge < -0.3 is 4.74 Å². The highest BCUT2D eigenvalue weighted by Crippen LogP contribution is 2.20. The van der Waals surface area contributed by atoms with Gasteiger partial charge in [-0.1, -0.05) is 13.3 Å². The Balaban J connectivity index is 2.22. The number of likely N-dealkylation sites (tertiary alicyclic amines) is 1. The van der Waals surface area contributed by atoms with E-state index in [1.165, 1.54) is 19.3 Å². The summed E-state index contributed by atoms with van der Waals surface area (Å²) in [5.41, 5.74) is -0.387. The van der Waals surface area contributed by atoms with E-state index >= 15 is 0 Å². The third-order valence-corrected chi connectivity index (χ3v) is 3.28. The fourth-order valence-corrected chi connectivity index (χ4v) is 1.89. The minimum atomic E-state index is -0.387. The third-order valence-electron chi connectivity index (χ3n) is 3.28. The van der Waals surface area contributed by atoms with Crippen molar-refractivity contribution in [2.75, 3.05) is 19.8 Å². The first-order valence-electron chi connectivity index (χ1n) is 6.33. The summed E-state index contributed by atoms with van der Waals surface area (Å²) in [6.45, 7) is 10.5. The lowest BCUT2D eigenvalue weighted by molar-refractivity contribution is -0.158. The molecule has 0 radical (unpaired) electrons. The van der Waals surface area contributed by atoms with Crippen LogP contribution in [0, 0.1) is 11.3 Å². The van der Waals surface area contributed by atoms with Crippen LogP contribution in [0.25, 0.3) is 0 Å². The highest BCUT2D eigenvalue weighted by molar-refractivity contribution is 5.75. The van der Waals surface area contributed by atoms with Gasteiger partial charge >= 0.3 is 5.97 Å². The number of piperidine rings is 1. The maximum Gasteiger partial charge on any atom is 0.312 e. The molecule has 0 aromatic heterocycles. The Labute approximate surface area is 99.1 Å². The molecule has 0 aliphatic carbocycles. The van der Waals surface area contributed by atoms with E-state index in [1.54, 1.807) is 0 Å². The number of hydrogen-bond acceptors (Lipinski definition) is 3. The van der Waals surface area contributed by atoms with E-state index in [4.69, 9.17) is 4.74 Å². The standard InChI is InChI=1S/C13H25NO2/c1-5-11-6-8-14(9-7-11)10-16-12(15)13(2,3)4/h11H,5-10H2,1-4H3. The lowest BCUT2D eigenvalue weighted by Gasteiger charge is -2.31. The second-order valence-corrected chi connectivity index (χ2v) is 5.78. The van der Waals surface area contributed by atoms with Gasteiger partial charge in [-0.2, -0.15) is 0 Å². The van der Waals surface area contributed by atoms with E-state index in [0.717, 1.165) is 19.0 Å². The molecule has 0 amide bonds. The summed E-state index contributed by atoms with van der Waals surface area (Å²) in [4.78, 5) is 13.8. The molecule has 0 unspecified atom stereocenters. The fourth-order valence-electron chi connectivity index (χ4n) is 1.89. The number of carbonyl (C=O) groups excluding carboxylic acids is 1. The van der Waals surface area contributed by atoms with Crippen molar-refractivity contribution in [3.63, 3.8) is 0 Å². The van der Waals surface area contributed by atoms with Crippen molar-refractivity contribution in [2.45, 2.75) is 47.0 Å². The molecule has 0 aromatic carbocycles. The Bertz CT molecular complexity index is 225. The third kappa shape index (κ3) is 4.12. The molecule has 1 aliphatic rings. The van der Waals surface area contributed by atoms with E-state index in [0.29, 0.717) is 6.73 Å². The summed E-state index contributed by atoms with van der Waals surface area (Å²) in [5.74, 6) is 0.764. The van der Waals surface area contributed by atoms with Gasteiger partial charge in [0.15, 0.2) is 0 Å². The van der Waals surface area contributed by atoms with E-state index in [1.807, 2.05) is 20.8 Å². The van der Waals surface area contributed by atoms with Crippen LogP contribution in [0.4, 0.5) is 0 Å². The molecule has 0 N–H and O–H groups in total. The van der Waals surface area contributed by atoms with Gasteiger partial charge in [-0.3, -0.25) is 9.69 Å². The Morgan fingerprint density at radius 1 is 1.31 bits per heavy atom. The van der Waals surface area contributed by atoms with Gasteiger partial charge in [0.2, 0.25) is 0 Å². The van der Waals surface area contributed by atoms with E-state index in [2.05, 4.69) is 11.8 Å². The van der Waals surface area contributed by atoms with E-state index < -0.39 is 0 Å². The lowest BCUT2D eigenvalue weighted by Crippen LogP contribution is -2.37. The molecule has 3 heteroatoms. The molecule has 1 fully saturated rings. The van der Waals surface area contributed by atoms with Crippen LogP contribution in [-0.4, -0.2) is 30.7 Å². The molecule has 0 atom stereocenters. The maximum absolute atomic E-state index is 11.6. The summed E-state index contributed by atoms with van der Waals surface area (Å²) in [6.07, 6.45) is 3.75. The van der Waals surface area contributed by atoms with Crippen LogP contribution >= 0.6 is 0 Å². The number of nitrogens with zero attached hydrogens (tertiary/aromatic N) is 1. The molecule has 0 spiro atoms. The van der Waals surface area contributed by atoms with Gasteiger partial charge in [-0.25, -0.2) is 0 Å².